The standard InChI is InChI=1S/C16H27NO3/c1-3-17-13-14-12-15(19-2)8-9-16(14)20-11-7-5-4-6-10-18/h8-9,12,17-18H,3-7,10-11,13H2,1-2H3. The van der Waals surface area contributed by atoms with E-state index >= 15 is 0 Å². The molecule has 20 heavy (non-hydrogen) atoms. The van der Waals surface area contributed by atoms with Crippen molar-refractivity contribution in [2.75, 3.05) is 26.9 Å². The van der Waals surface area contributed by atoms with E-state index < -0.39 is 0 Å². The van der Waals surface area contributed by atoms with Crippen LogP contribution in [0.3, 0.4) is 0 Å². The van der Waals surface area contributed by atoms with Gasteiger partial charge in [0.2, 0.25) is 0 Å². The number of methoxy groups -OCH3 is 1. The van der Waals surface area contributed by atoms with E-state index in [1.165, 1.54) is 0 Å². The molecule has 0 aliphatic heterocycles. The maximum absolute atomic E-state index is 8.72. The van der Waals surface area contributed by atoms with E-state index in [4.69, 9.17) is 14.6 Å². The van der Waals surface area contributed by atoms with Crippen LogP contribution in [-0.2, 0) is 6.54 Å². The zero-order valence-electron chi connectivity index (χ0n) is 12.7. The van der Waals surface area contributed by atoms with Crippen LogP contribution in [0.2, 0.25) is 0 Å². The van der Waals surface area contributed by atoms with E-state index in [2.05, 4.69) is 12.2 Å². The topological polar surface area (TPSA) is 50.7 Å². The van der Waals surface area contributed by atoms with E-state index in [1.54, 1.807) is 7.11 Å². The molecule has 0 aromatic heterocycles. The van der Waals surface area contributed by atoms with Gasteiger partial charge < -0.3 is 19.9 Å². The Morgan fingerprint density at radius 3 is 2.65 bits per heavy atom. The summed E-state index contributed by atoms with van der Waals surface area (Å²) in [6.07, 6.45) is 4.06. The van der Waals surface area contributed by atoms with Crippen LogP contribution >= 0.6 is 0 Å². The number of hydrogen-bond acceptors (Lipinski definition) is 4. The summed E-state index contributed by atoms with van der Waals surface area (Å²) in [5.41, 5.74) is 1.13. The highest BCUT2D eigenvalue weighted by Crippen LogP contribution is 2.24. The molecule has 0 atom stereocenters. The highest BCUT2D eigenvalue weighted by atomic mass is 16.5. The van der Waals surface area contributed by atoms with E-state index in [-0.39, 0.29) is 6.61 Å². The lowest BCUT2D eigenvalue weighted by atomic mass is 10.2. The predicted molar refractivity (Wildman–Crippen MR) is 81.4 cm³/mol. The third-order valence-electron chi connectivity index (χ3n) is 3.14. The quantitative estimate of drug-likeness (QED) is 0.612. The Labute approximate surface area is 122 Å². The molecule has 0 saturated heterocycles. The molecule has 0 amide bonds. The fourth-order valence-electron chi connectivity index (χ4n) is 1.97. The van der Waals surface area contributed by atoms with Crippen molar-refractivity contribution < 1.29 is 14.6 Å². The Balaban J connectivity index is 2.45. The number of ether oxygens (including phenoxy) is 2. The summed E-state index contributed by atoms with van der Waals surface area (Å²) in [6.45, 7) is 4.80. The van der Waals surface area contributed by atoms with Crippen LogP contribution in [0.15, 0.2) is 18.2 Å². The molecule has 1 aromatic rings. The van der Waals surface area contributed by atoms with Gasteiger partial charge in [0.15, 0.2) is 0 Å². The third-order valence-corrected chi connectivity index (χ3v) is 3.14. The molecule has 2 N–H and O–H groups in total. The number of rotatable bonds is 11. The molecule has 0 spiro atoms. The lowest BCUT2D eigenvalue weighted by Crippen LogP contribution is -2.13. The maximum atomic E-state index is 8.72. The van der Waals surface area contributed by atoms with Gasteiger partial charge in [-0.15, -0.1) is 0 Å². The van der Waals surface area contributed by atoms with Gasteiger partial charge in [-0.1, -0.05) is 13.3 Å². The molecular weight excluding hydrogens is 254 g/mol. The first kappa shape index (κ1) is 16.8. The van der Waals surface area contributed by atoms with Crippen molar-refractivity contribution in [2.45, 2.75) is 39.2 Å². The van der Waals surface area contributed by atoms with Crippen molar-refractivity contribution >= 4 is 0 Å². The fraction of sp³-hybridized carbons (Fsp3) is 0.625. The highest BCUT2D eigenvalue weighted by Gasteiger charge is 2.05. The number of benzene rings is 1. The Bertz CT molecular complexity index is 369. The summed E-state index contributed by atoms with van der Waals surface area (Å²) < 4.78 is 11.1. The van der Waals surface area contributed by atoms with Crippen LogP contribution < -0.4 is 14.8 Å². The van der Waals surface area contributed by atoms with Gasteiger partial charge in [0.25, 0.3) is 0 Å². The maximum Gasteiger partial charge on any atom is 0.124 e. The van der Waals surface area contributed by atoms with Crippen LogP contribution in [0, 0.1) is 0 Å². The largest absolute Gasteiger partial charge is 0.497 e. The zero-order chi connectivity index (χ0) is 14.6. The second-order valence-electron chi connectivity index (χ2n) is 4.74. The Morgan fingerprint density at radius 1 is 1.15 bits per heavy atom. The molecule has 1 rings (SSSR count). The fourth-order valence-corrected chi connectivity index (χ4v) is 1.97. The molecular formula is C16H27NO3. The van der Waals surface area contributed by atoms with E-state index in [0.717, 1.165) is 62.4 Å². The first-order valence-corrected chi connectivity index (χ1v) is 7.43. The van der Waals surface area contributed by atoms with Crippen LogP contribution in [-0.4, -0.2) is 32.0 Å². The smallest absolute Gasteiger partial charge is 0.124 e. The van der Waals surface area contributed by atoms with E-state index in [1.807, 2.05) is 18.2 Å². The summed E-state index contributed by atoms with van der Waals surface area (Å²) in [7, 11) is 1.67. The van der Waals surface area contributed by atoms with Gasteiger partial charge in [-0.3, -0.25) is 0 Å². The minimum Gasteiger partial charge on any atom is -0.497 e. The van der Waals surface area contributed by atoms with Crippen molar-refractivity contribution in [1.82, 2.24) is 5.32 Å². The molecule has 0 aliphatic carbocycles. The summed E-state index contributed by atoms with van der Waals surface area (Å²) in [4.78, 5) is 0. The lowest BCUT2D eigenvalue weighted by molar-refractivity contribution is 0.272. The molecule has 0 aliphatic rings. The molecule has 0 radical (unpaired) electrons. The molecule has 0 heterocycles. The van der Waals surface area contributed by atoms with Crippen molar-refractivity contribution in [1.29, 1.82) is 0 Å². The molecule has 0 bridgehead atoms. The molecule has 0 saturated carbocycles. The van der Waals surface area contributed by atoms with E-state index in [9.17, 15) is 0 Å². The molecule has 114 valence electrons. The number of aliphatic hydroxyl groups excluding tert-OH is 1. The monoisotopic (exact) mass is 281 g/mol. The van der Waals surface area contributed by atoms with Gasteiger partial charge in [-0.2, -0.15) is 0 Å². The second-order valence-corrected chi connectivity index (χ2v) is 4.74. The number of aliphatic hydroxyl groups is 1. The third kappa shape index (κ3) is 6.26. The average molecular weight is 281 g/mol. The van der Waals surface area contributed by atoms with Crippen LogP contribution in [0.4, 0.5) is 0 Å². The summed E-state index contributed by atoms with van der Waals surface area (Å²) in [5.74, 6) is 1.78. The second kappa shape index (κ2) is 10.5. The van der Waals surface area contributed by atoms with Gasteiger partial charge in [-0.05, 0) is 44.0 Å². The molecule has 1 aromatic carbocycles. The highest BCUT2D eigenvalue weighted by molar-refractivity contribution is 5.40. The summed E-state index contributed by atoms with van der Waals surface area (Å²) >= 11 is 0. The molecule has 0 fully saturated rings. The van der Waals surface area contributed by atoms with Crippen molar-refractivity contribution in [3.05, 3.63) is 23.8 Å². The first-order valence-electron chi connectivity index (χ1n) is 7.43. The molecule has 4 heteroatoms. The molecule has 0 unspecified atom stereocenters. The zero-order valence-corrected chi connectivity index (χ0v) is 12.7. The van der Waals surface area contributed by atoms with Crippen molar-refractivity contribution in [3.63, 3.8) is 0 Å². The Hall–Kier alpha value is -1.26. The van der Waals surface area contributed by atoms with E-state index in [0.29, 0.717) is 0 Å². The summed E-state index contributed by atoms with van der Waals surface area (Å²) in [5, 5.41) is 12.0. The molecule has 4 nitrogen and oxygen atoms in total. The van der Waals surface area contributed by atoms with Crippen molar-refractivity contribution in [2.24, 2.45) is 0 Å². The number of hydrogen-bond donors (Lipinski definition) is 2. The minimum atomic E-state index is 0.284. The number of unbranched alkanes of at least 4 members (excludes halogenated alkanes) is 3. The van der Waals surface area contributed by atoms with Crippen LogP contribution in [0.1, 0.15) is 38.2 Å². The average Bonchev–Trinajstić information content (AvgIpc) is 2.49. The van der Waals surface area contributed by atoms with Gasteiger partial charge >= 0.3 is 0 Å². The number of nitrogens with one attached hydrogen (secondary N) is 1. The predicted octanol–water partition coefficient (Wildman–Crippen LogP) is 2.74. The minimum absolute atomic E-state index is 0.284. The van der Waals surface area contributed by atoms with Gasteiger partial charge in [-0.25, -0.2) is 0 Å². The SMILES string of the molecule is CCNCc1cc(OC)ccc1OCCCCCCO. The van der Waals surface area contributed by atoms with Crippen molar-refractivity contribution in [3.8, 4) is 11.5 Å². The summed E-state index contributed by atoms with van der Waals surface area (Å²) in [6, 6.07) is 5.92. The van der Waals surface area contributed by atoms with Gasteiger partial charge in [0.05, 0.1) is 13.7 Å². The van der Waals surface area contributed by atoms with Crippen LogP contribution in [0.5, 0.6) is 11.5 Å². The first-order chi connectivity index (χ1) is 9.81. The van der Waals surface area contributed by atoms with Gasteiger partial charge in [0.1, 0.15) is 11.5 Å². The van der Waals surface area contributed by atoms with Gasteiger partial charge in [0, 0.05) is 18.7 Å². The lowest BCUT2D eigenvalue weighted by Gasteiger charge is -2.13. The Kier molecular flexibility index (Phi) is 8.83. The normalized spacial score (nSPS) is 10.6. The van der Waals surface area contributed by atoms with Crippen LogP contribution in [0.25, 0.3) is 0 Å². The Morgan fingerprint density at radius 2 is 1.95 bits per heavy atom.